The average Bonchev–Trinajstić information content (AvgIpc) is 2.41. The zero-order valence-electron chi connectivity index (χ0n) is 9.10. The molecule has 0 aliphatic heterocycles. The molecule has 4 heteroatoms. The third kappa shape index (κ3) is 1.26. The molecule has 0 bridgehead atoms. The first-order valence-corrected chi connectivity index (χ1v) is 5.30. The van der Waals surface area contributed by atoms with Gasteiger partial charge >= 0.3 is 0 Å². The summed E-state index contributed by atoms with van der Waals surface area (Å²) in [4.78, 5) is 46.0. The summed E-state index contributed by atoms with van der Waals surface area (Å²) >= 11 is 0. The highest BCUT2D eigenvalue weighted by Gasteiger charge is 2.12. The van der Waals surface area contributed by atoms with Crippen molar-refractivity contribution >= 4 is 21.5 Å². The quantitative estimate of drug-likeness (QED) is 0.417. The van der Waals surface area contributed by atoms with E-state index >= 15 is 0 Å². The van der Waals surface area contributed by atoms with E-state index in [1.165, 1.54) is 12.1 Å². The Hall–Kier alpha value is -2.62. The Morgan fingerprint density at radius 1 is 0.556 bits per heavy atom. The Morgan fingerprint density at radius 2 is 0.944 bits per heavy atom. The fourth-order valence-electron chi connectivity index (χ4n) is 2.07. The molecular weight excluding hydrogens is 232 g/mol. The second kappa shape index (κ2) is 3.43. The van der Waals surface area contributed by atoms with Crippen LogP contribution in [-0.4, -0.2) is 0 Å². The van der Waals surface area contributed by atoms with Crippen LogP contribution in [0.3, 0.4) is 0 Å². The molecular formula is C14H6O4. The molecule has 4 nitrogen and oxygen atoms in total. The molecule has 0 aromatic heterocycles. The second-order valence-electron chi connectivity index (χ2n) is 4.06. The van der Waals surface area contributed by atoms with E-state index in [-0.39, 0.29) is 10.8 Å². The smallest absolute Gasteiger partial charge is 0.277 e. The molecule has 18 heavy (non-hydrogen) atoms. The van der Waals surface area contributed by atoms with Gasteiger partial charge in [-0.05, 0) is 22.9 Å². The van der Waals surface area contributed by atoms with Crippen LogP contribution in [-0.2, 0) is 0 Å². The molecule has 0 unspecified atom stereocenters. The first-order chi connectivity index (χ1) is 8.59. The number of rotatable bonds is 0. The number of hydrogen-bond donors (Lipinski definition) is 0. The van der Waals surface area contributed by atoms with Crippen molar-refractivity contribution in [3.05, 3.63) is 77.3 Å². The molecule has 0 radical (unpaired) electrons. The van der Waals surface area contributed by atoms with Crippen LogP contribution in [0.1, 0.15) is 0 Å². The van der Waals surface area contributed by atoms with Crippen molar-refractivity contribution in [3.63, 3.8) is 0 Å². The van der Waals surface area contributed by atoms with Gasteiger partial charge in [0, 0.05) is 10.8 Å². The summed E-state index contributed by atoms with van der Waals surface area (Å²) in [5.74, 6) is 0. The third-order valence-corrected chi connectivity index (χ3v) is 2.99. The Labute approximate surface area is 99.4 Å². The topological polar surface area (TPSA) is 68.3 Å². The van der Waals surface area contributed by atoms with Crippen molar-refractivity contribution in [2.24, 2.45) is 0 Å². The van der Waals surface area contributed by atoms with Gasteiger partial charge in [-0.25, -0.2) is 0 Å². The van der Waals surface area contributed by atoms with Crippen molar-refractivity contribution in [2.45, 2.75) is 0 Å². The maximum atomic E-state index is 11.7. The van der Waals surface area contributed by atoms with Crippen LogP contribution in [0.15, 0.2) is 55.6 Å². The van der Waals surface area contributed by atoms with Gasteiger partial charge in [0.2, 0.25) is 10.9 Å². The zero-order chi connectivity index (χ0) is 12.9. The zero-order valence-corrected chi connectivity index (χ0v) is 9.10. The van der Waals surface area contributed by atoms with Crippen LogP contribution in [0.2, 0.25) is 0 Å². The van der Waals surface area contributed by atoms with Crippen molar-refractivity contribution in [2.75, 3.05) is 0 Å². The Balaban J connectivity index is 2.76. The number of hydrogen-bond acceptors (Lipinski definition) is 4. The predicted octanol–water partition coefficient (Wildman–Crippen LogP) is 0.309. The highest BCUT2D eigenvalue weighted by molar-refractivity contribution is 5.97. The molecule has 0 atom stereocenters. The van der Waals surface area contributed by atoms with Gasteiger partial charge in [-0.3, -0.25) is 19.2 Å². The minimum atomic E-state index is -1.25. The summed E-state index contributed by atoms with van der Waals surface area (Å²) < 4.78 is 0. The van der Waals surface area contributed by atoms with Crippen LogP contribution in [0, 0.1) is 0 Å². The van der Waals surface area contributed by atoms with Gasteiger partial charge < -0.3 is 0 Å². The summed E-state index contributed by atoms with van der Waals surface area (Å²) in [5.41, 5.74) is -4.30. The molecule has 0 saturated heterocycles. The van der Waals surface area contributed by atoms with Crippen LogP contribution >= 0.6 is 0 Å². The molecule has 0 aliphatic carbocycles. The van der Waals surface area contributed by atoms with Gasteiger partial charge in [0.25, 0.3) is 10.9 Å². The van der Waals surface area contributed by atoms with Crippen LogP contribution in [0.25, 0.3) is 21.5 Å². The van der Waals surface area contributed by atoms with Crippen LogP contribution < -0.4 is 21.7 Å². The molecule has 3 aromatic carbocycles. The molecule has 0 saturated carbocycles. The average molecular weight is 238 g/mol. The summed E-state index contributed by atoms with van der Waals surface area (Å²) in [6.45, 7) is 0. The van der Waals surface area contributed by atoms with E-state index in [0.29, 0.717) is 0 Å². The molecule has 0 heterocycles. The minimum Gasteiger partial charge on any atom is -0.285 e. The Kier molecular flexibility index (Phi) is 2.01. The van der Waals surface area contributed by atoms with Crippen LogP contribution in [0.4, 0.5) is 0 Å². The first-order valence-electron chi connectivity index (χ1n) is 5.30. The highest BCUT2D eigenvalue weighted by Crippen LogP contribution is 2.17. The molecule has 0 amide bonds. The summed E-state index contributed by atoms with van der Waals surface area (Å²) in [5, 5.41) is 1.53. The molecule has 0 aliphatic rings. The fourth-order valence-corrected chi connectivity index (χ4v) is 2.07. The largest absolute Gasteiger partial charge is 0.285 e. The fraction of sp³-hybridized carbons (Fsp3) is 0. The molecule has 3 rings (SSSR count). The molecule has 0 fully saturated rings. The van der Waals surface area contributed by atoms with E-state index in [9.17, 15) is 19.2 Å². The minimum absolute atomic E-state index is 0.0169. The monoisotopic (exact) mass is 238 g/mol. The lowest BCUT2D eigenvalue weighted by Gasteiger charge is -1.99. The van der Waals surface area contributed by atoms with Gasteiger partial charge in [-0.15, -0.1) is 0 Å². The number of fused-ring (bicyclic) bond motifs is 2. The van der Waals surface area contributed by atoms with Gasteiger partial charge in [0.1, 0.15) is 0 Å². The van der Waals surface area contributed by atoms with Gasteiger partial charge in [0.05, 0.1) is 0 Å². The van der Waals surface area contributed by atoms with Crippen LogP contribution in [0.5, 0.6) is 0 Å². The van der Waals surface area contributed by atoms with E-state index in [2.05, 4.69) is 0 Å². The third-order valence-electron chi connectivity index (χ3n) is 2.99. The van der Waals surface area contributed by atoms with E-state index in [1.54, 1.807) is 24.3 Å². The summed E-state index contributed by atoms with van der Waals surface area (Å²) in [6.07, 6.45) is 0. The second-order valence-corrected chi connectivity index (χ2v) is 4.06. The van der Waals surface area contributed by atoms with E-state index in [0.717, 1.165) is 10.8 Å². The normalized spacial score (nSPS) is 11.1. The van der Waals surface area contributed by atoms with Gasteiger partial charge in [-0.1, -0.05) is 24.3 Å². The van der Waals surface area contributed by atoms with E-state index < -0.39 is 21.7 Å². The molecule has 0 spiro atoms. The van der Waals surface area contributed by atoms with E-state index in [1.807, 2.05) is 0 Å². The Morgan fingerprint density at radius 3 is 1.33 bits per heavy atom. The Bertz CT molecular complexity index is 910. The van der Waals surface area contributed by atoms with Crippen molar-refractivity contribution in [1.82, 2.24) is 0 Å². The summed E-state index contributed by atoms with van der Waals surface area (Å²) in [6, 6.07) is 10.1. The molecule has 3 aromatic rings. The van der Waals surface area contributed by atoms with Gasteiger partial charge in [-0.2, -0.15) is 0 Å². The maximum Gasteiger partial charge on any atom is 0.277 e. The lowest BCUT2D eigenvalue weighted by atomic mass is 10.0. The number of benzene rings is 3. The first kappa shape index (κ1) is 10.5. The lowest BCUT2D eigenvalue weighted by molar-refractivity contribution is 1.40. The standard InChI is InChI=1S/C14H6O4/c15-11-9-5-7-3-1-2-4-8(7)6-10(9)12(16)14(18)13(11)17/h1-6H. The highest BCUT2D eigenvalue weighted by atomic mass is 16.2. The van der Waals surface area contributed by atoms with Crippen molar-refractivity contribution in [1.29, 1.82) is 0 Å². The lowest BCUT2D eigenvalue weighted by Crippen LogP contribution is -2.46. The van der Waals surface area contributed by atoms with Crippen molar-refractivity contribution < 1.29 is 0 Å². The van der Waals surface area contributed by atoms with Crippen molar-refractivity contribution in [3.8, 4) is 0 Å². The summed E-state index contributed by atoms with van der Waals surface area (Å²) in [7, 11) is 0. The maximum absolute atomic E-state index is 11.7. The van der Waals surface area contributed by atoms with E-state index in [4.69, 9.17) is 0 Å². The molecule has 0 N–H and O–H groups in total. The van der Waals surface area contributed by atoms with Gasteiger partial charge in [0.15, 0.2) is 0 Å². The molecule has 86 valence electrons. The SMILES string of the molecule is O=c1c(=O)c(=O)c2cc3ccccc3cc2c1=O. The predicted molar refractivity (Wildman–Crippen MR) is 68.9 cm³/mol.